The van der Waals surface area contributed by atoms with Crippen LogP contribution in [0, 0.1) is 17.0 Å². The lowest BCUT2D eigenvalue weighted by Gasteiger charge is -2.35. The predicted molar refractivity (Wildman–Crippen MR) is 116 cm³/mol. The molecule has 0 unspecified atom stereocenters. The molecule has 0 aliphatic carbocycles. The van der Waals surface area contributed by atoms with Gasteiger partial charge in [-0.05, 0) is 25.0 Å². The average Bonchev–Trinajstić information content (AvgIpc) is 3.38. The average molecular weight is 440 g/mol. The van der Waals surface area contributed by atoms with Gasteiger partial charge in [0.25, 0.3) is 17.2 Å². The lowest BCUT2D eigenvalue weighted by molar-refractivity contribution is -0.385. The number of aryl methyl sites for hydroxylation is 2. The molecule has 0 spiro atoms. The third-order valence-corrected chi connectivity index (χ3v) is 7.11. The molecule has 1 amide bonds. The van der Waals surface area contributed by atoms with E-state index < -0.39 is 4.92 Å². The number of rotatable bonds is 3. The lowest BCUT2D eigenvalue weighted by atomic mass is 10.2. The molecule has 10 nitrogen and oxygen atoms in total. The topological polar surface area (TPSA) is 114 Å². The molecule has 5 heterocycles. The van der Waals surface area contributed by atoms with E-state index in [4.69, 9.17) is 0 Å². The van der Waals surface area contributed by atoms with Gasteiger partial charge in [0.2, 0.25) is 0 Å². The molecule has 160 valence electrons. The van der Waals surface area contributed by atoms with Crippen LogP contribution in [0.4, 0.5) is 11.5 Å². The molecule has 0 radical (unpaired) electrons. The number of nitro groups is 1. The van der Waals surface area contributed by atoms with E-state index >= 15 is 0 Å². The number of carbonyl (C=O) groups excluding carboxylic acids is 1. The number of piperazine rings is 1. The molecule has 3 aromatic heterocycles. The zero-order chi connectivity index (χ0) is 21.7. The van der Waals surface area contributed by atoms with Crippen LogP contribution < -0.4 is 10.5 Å². The number of carbonyl (C=O) groups is 1. The van der Waals surface area contributed by atoms with Crippen LogP contribution in [0.1, 0.15) is 27.5 Å². The molecule has 0 aromatic carbocycles. The monoisotopic (exact) mass is 440 g/mol. The molecule has 0 atom stereocenters. The minimum absolute atomic E-state index is 0.0423. The zero-order valence-corrected chi connectivity index (χ0v) is 17.7. The highest BCUT2D eigenvalue weighted by Crippen LogP contribution is 2.30. The smallest absolute Gasteiger partial charge is 0.287 e. The SMILES string of the molecule is Cc1c(C(=O)N2CCN(c3ccc([N+](=O)[O-])cn3)CC2)sc2nc3n(c(=O)c12)CCC3. The van der Waals surface area contributed by atoms with E-state index in [-0.39, 0.29) is 17.2 Å². The van der Waals surface area contributed by atoms with Gasteiger partial charge in [-0.1, -0.05) is 0 Å². The van der Waals surface area contributed by atoms with Gasteiger partial charge in [0.15, 0.2) is 0 Å². The number of thiophene rings is 1. The van der Waals surface area contributed by atoms with E-state index in [0.29, 0.717) is 59.2 Å². The van der Waals surface area contributed by atoms with Crippen LogP contribution in [0.15, 0.2) is 23.1 Å². The van der Waals surface area contributed by atoms with Gasteiger partial charge in [0.1, 0.15) is 22.7 Å². The van der Waals surface area contributed by atoms with Crippen LogP contribution in [0.5, 0.6) is 0 Å². The second-order valence-electron chi connectivity index (χ2n) is 7.74. The second-order valence-corrected chi connectivity index (χ2v) is 8.73. The second kappa shape index (κ2) is 7.41. The van der Waals surface area contributed by atoms with Crippen LogP contribution in [0.3, 0.4) is 0 Å². The molecule has 2 aliphatic rings. The molecule has 0 bridgehead atoms. The van der Waals surface area contributed by atoms with E-state index in [0.717, 1.165) is 18.7 Å². The Morgan fingerprint density at radius 1 is 1.19 bits per heavy atom. The van der Waals surface area contributed by atoms with Crippen LogP contribution in [0.2, 0.25) is 0 Å². The number of pyridine rings is 1. The number of fused-ring (bicyclic) bond motifs is 2. The Bertz CT molecular complexity index is 1260. The molecule has 31 heavy (non-hydrogen) atoms. The van der Waals surface area contributed by atoms with Gasteiger partial charge < -0.3 is 9.80 Å². The first-order valence-corrected chi connectivity index (χ1v) is 10.9. The van der Waals surface area contributed by atoms with Crippen molar-refractivity contribution in [3.8, 4) is 0 Å². The van der Waals surface area contributed by atoms with Gasteiger partial charge in [-0.3, -0.25) is 24.3 Å². The van der Waals surface area contributed by atoms with Crippen molar-refractivity contribution in [2.45, 2.75) is 26.3 Å². The van der Waals surface area contributed by atoms with Gasteiger partial charge in [0.05, 0.1) is 15.2 Å². The first-order valence-electron chi connectivity index (χ1n) is 10.1. The molecular formula is C20H20N6O4S. The number of anilines is 1. The maximum Gasteiger partial charge on any atom is 0.287 e. The molecule has 1 fully saturated rings. The van der Waals surface area contributed by atoms with Gasteiger partial charge >= 0.3 is 0 Å². The van der Waals surface area contributed by atoms with Gasteiger partial charge in [-0.25, -0.2) is 9.97 Å². The summed E-state index contributed by atoms with van der Waals surface area (Å²) < 4.78 is 1.73. The van der Waals surface area contributed by atoms with Crippen molar-refractivity contribution in [1.29, 1.82) is 0 Å². The Balaban J connectivity index is 1.34. The van der Waals surface area contributed by atoms with Gasteiger partial charge in [0, 0.05) is 45.2 Å². The summed E-state index contributed by atoms with van der Waals surface area (Å²) in [5.74, 6) is 1.38. The normalized spacial score (nSPS) is 16.0. The van der Waals surface area contributed by atoms with Crippen molar-refractivity contribution in [1.82, 2.24) is 19.4 Å². The van der Waals surface area contributed by atoms with Crippen molar-refractivity contribution >= 4 is 39.0 Å². The van der Waals surface area contributed by atoms with Crippen molar-refractivity contribution in [2.75, 3.05) is 31.1 Å². The van der Waals surface area contributed by atoms with Crippen molar-refractivity contribution < 1.29 is 9.72 Å². The summed E-state index contributed by atoms with van der Waals surface area (Å²) in [7, 11) is 0. The van der Waals surface area contributed by atoms with Gasteiger partial charge in [-0.2, -0.15) is 0 Å². The fourth-order valence-corrected chi connectivity index (χ4v) is 5.39. The van der Waals surface area contributed by atoms with Crippen molar-refractivity contribution in [2.24, 2.45) is 0 Å². The molecule has 0 saturated carbocycles. The molecule has 11 heteroatoms. The first-order chi connectivity index (χ1) is 14.9. The fraction of sp³-hybridized carbons (Fsp3) is 0.400. The Hall–Kier alpha value is -3.34. The highest BCUT2D eigenvalue weighted by atomic mass is 32.1. The third-order valence-electron chi connectivity index (χ3n) is 5.94. The van der Waals surface area contributed by atoms with Crippen molar-refractivity contribution in [3.05, 3.63) is 55.1 Å². The summed E-state index contributed by atoms with van der Waals surface area (Å²) in [6, 6.07) is 3.06. The fourth-order valence-electron chi connectivity index (χ4n) is 4.23. The van der Waals surface area contributed by atoms with E-state index in [1.54, 1.807) is 15.5 Å². The highest BCUT2D eigenvalue weighted by molar-refractivity contribution is 7.20. The Morgan fingerprint density at radius 2 is 1.97 bits per heavy atom. The summed E-state index contributed by atoms with van der Waals surface area (Å²) in [6.45, 7) is 4.69. The molecule has 0 N–H and O–H groups in total. The summed E-state index contributed by atoms with van der Waals surface area (Å²) in [5.41, 5.74) is 0.622. The van der Waals surface area contributed by atoms with Crippen LogP contribution in [-0.2, 0) is 13.0 Å². The van der Waals surface area contributed by atoms with Crippen LogP contribution in [0.25, 0.3) is 10.2 Å². The largest absolute Gasteiger partial charge is 0.353 e. The van der Waals surface area contributed by atoms with E-state index in [9.17, 15) is 19.7 Å². The molecule has 2 aliphatic heterocycles. The van der Waals surface area contributed by atoms with Crippen molar-refractivity contribution in [3.63, 3.8) is 0 Å². The number of nitrogens with zero attached hydrogens (tertiary/aromatic N) is 6. The minimum Gasteiger partial charge on any atom is -0.353 e. The maximum atomic E-state index is 13.2. The minimum atomic E-state index is -0.476. The quantitative estimate of drug-likeness (QED) is 0.452. The summed E-state index contributed by atoms with van der Waals surface area (Å²) in [5, 5.41) is 11.4. The molecule has 1 saturated heterocycles. The van der Waals surface area contributed by atoms with Gasteiger partial charge in [-0.15, -0.1) is 11.3 Å². The standard InChI is InChI=1S/C20H20N6O4S/c1-12-16-18(22-15-3-2-6-25(15)19(16)27)31-17(12)20(28)24-9-7-23(8-10-24)14-5-4-13(11-21-14)26(29)30/h4-5,11H,2-3,6-10H2,1H3. The summed E-state index contributed by atoms with van der Waals surface area (Å²) >= 11 is 1.30. The Kier molecular flexibility index (Phi) is 4.69. The molecular weight excluding hydrogens is 420 g/mol. The summed E-state index contributed by atoms with van der Waals surface area (Å²) in [4.78, 5) is 50.2. The van der Waals surface area contributed by atoms with E-state index in [1.807, 2.05) is 11.8 Å². The number of amides is 1. The third kappa shape index (κ3) is 3.25. The Morgan fingerprint density at radius 3 is 2.65 bits per heavy atom. The number of aromatic nitrogens is 3. The first kappa shape index (κ1) is 19.6. The molecule has 3 aromatic rings. The van der Waals surface area contributed by atoms with E-state index in [2.05, 4.69) is 9.97 Å². The molecule has 5 rings (SSSR count). The lowest BCUT2D eigenvalue weighted by Crippen LogP contribution is -2.49. The summed E-state index contributed by atoms with van der Waals surface area (Å²) in [6.07, 6.45) is 2.97. The maximum absolute atomic E-state index is 13.2. The van der Waals surface area contributed by atoms with Crippen LogP contribution in [-0.4, -0.2) is 56.4 Å². The van der Waals surface area contributed by atoms with E-state index in [1.165, 1.54) is 23.6 Å². The number of hydrogen-bond donors (Lipinski definition) is 0. The van der Waals surface area contributed by atoms with Crippen LogP contribution >= 0.6 is 11.3 Å². The number of hydrogen-bond acceptors (Lipinski definition) is 8. The zero-order valence-electron chi connectivity index (χ0n) is 16.9. The predicted octanol–water partition coefficient (Wildman–Crippen LogP) is 1.98. The highest BCUT2D eigenvalue weighted by Gasteiger charge is 2.28. The Labute approximate surface area is 180 Å².